The van der Waals surface area contributed by atoms with Gasteiger partial charge in [-0.1, -0.05) is 6.07 Å². The lowest BCUT2D eigenvalue weighted by Crippen LogP contribution is -2.59. The molecular formula is C16H23F2N5O. The molecule has 0 radical (unpaired) electrons. The van der Waals surface area contributed by atoms with E-state index in [0.717, 1.165) is 0 Å². The number of aliphatic imine (C=N–C) groups is 1. The lowest BCUT2D eigenvalue weighted by atomic mass is 10.1. The number of guanidine groups is 1. The Bertz CT molecular complexity index is 650. The third kappa shape index (κ3) is 3.42. The normalized spacial score (nSPS) is 16.0. The van der Waals surface area contributed by atoms with Crippen LogP contribution in [0.4, 0.5) is 13.6 Å². The molecule has 1 heterocycles. The van der Waals surface area contributed by atoms with Crippen molar-refractivity contribution in [3.63, 3.8) is 0 Å². The Morgan fingerprint density at radius 2 is 1.83 bits per heavy atom. The summed E-state index contributed by atoms with van der Waals surface area (Å²) in [5.74, 6) is -0.469. The molecule has 0 aromatic heterocycles. The fourth-order valence-corrected chi connectivity index (χ4v) is 2.82. The van der Waals surface area contributed by atoms with Gasteiger partial charge in [0.2, 0.25) is 0 Å². The van der Waals surface area contributed by atoms with Crippen LogP contribution in [-0.2, 0) is 6.54 Å². The molecule has 2 rings (SSSR count). The molecular weight excluding hydrogens is 316 g/mol. The molecule has 0 atom stereocenters. The van der Waals surface area contributed by atoms with Gasteiger partial charge in [0.15, 0.2) is 5.96 Å². The molecule has 1 fully saturated rings. The van der Waals surface area contributed by atoms with Gasteiger partial charge in [-0.3, -0.25) is 4.99 Å². The average molecular weight is 339 g/mol. The first kappa shape index (κ1) is 18.0. The fraction of sp³-hybridized carbons (Fsp3) is 0.500. The van der Waals surface area contributed by atoms with Crippen molar-refractivity contribution < 1.29 is 13.6 Å². The standard InChI is InChI=1S/C16H23F2N5O/c1-11-13(17)7-6-12(14(11)18)8-20(3)15(19-2)23-9-21(4)16(24)22(5)10-23/h6-7H,8-10H2,1-5H3. The summed E-state index contributed by atoms with van der Waals surface area (Å²) >= 11 is 0. The monoisotopic (exact) mass is 339 g/mol. The first-order valence-electron chi connectivity index (χ1n) is 7.58. The van der Waals surface area contributed by atoms with Gasteiger partial charge < -0.3 is 19.6 Å². The summed E-state index contributed by atoms with van der Waals surface area (Å²) in [5.41, 5.74) is 0.409. The summed E-state index contributed by atoms with van der Waals surface area (Å²) in [6, 6.07) is 2.65. The predicted octanol–water partition coefficient (Wildman–Crippen LogP) is 1.91. The summed E-state index contributed by atoms with van der Waals surface area (Å²) < 4.78 is 27.6. The van der Waals surface area contributed by atoms with E-state index >= 15 is 0 Å². The third-order valence-electron chi connectivity index (χ3n) is 4.05. The van der Waals surface area contributed by atoms with E-state index in [1.165, 1.54) is 19.1 Å². The quantitative estimate of drug-likeness (QED) is 0.611. The Labute approximate surface area is 141 Å². The zero-order valence-electron chi connectivity index (χ0n) is 14.7. The van der Waals surface area contributed by atoms with E-state index in [9.17, 15) is 13.6 Å². The van der Waals surface area contributed by atoms with Gasteiger partial charge in [-0.15, -0.1) is 0 Å². The van der Waals surface area contributed by atoms with Crippen molar-refractivity contribution in [1.82, 2.24) is 19.6 Å². The summed E-state index contributed by atoms with van der Waals surface area (Å²) in [7, 11) is 6.86. The maximum atomic E-state index is 14.2. The summed E-state index contributed by atoms with van der Waals surface area (Å²) in [6.45, 7) is 2.46. The van der Waals surface area contributed by atoms with Crippen LogP contribution in [0.2, 0.25) is 0 Å². The molecule has 1 aromatic carbocycles. The fourth-order valence-electron chi connectivity index (χ4n) is 2.82. The van der Waals surface area contributed by atoms with Crippen LogP contribution in [0.25, 0.3) is 0 Å². The van der Waals surface area contributed by atoms with Crippen molar-refractivity contribution in [2.45, 2.75) is 13.5 Å². The van der Waals surface area contributed by atoms with E-state index in [1.54, 1.807) is 42.9 Å². The summed E-state index contributed by atoms with van der Waals surface area (Å²) in [6.07, 6.45) is 0. The molecule has 1 aliphatic rings. The van der Waals surface area contributed by atoms with Crippen LogP contribution in [0, 0.1) is 18.6 Å². The van der Waals surface area contributed by atoms with Crippen molar-refractivity contribution in [2.24, 2.45) is 4.99 Å². The van der Waals surface area contributed by atoms with Gasteiger partial charge in [0.1, 0.15) is 11.6 Å². The maximum absolute atomic E-state index is 14.2. The lowest BCUT2D eigenvalue weighted by Gasteiger charge is -2.42. The van der Waals surface area contributed by atoms with Gasteiger partial charge in [0, 0.05) is 45.9 Å². The SMILES string of the molecule is CN=C(N(C)Cc1ccc(F)c(C)c1F)N1CN(C)C(=O)N(C)C1. The Hall–Kier alpha value is -2.38. The lowest BCUT2D eigenvalue weighted by molar-refractivity contribution is 0.0875. The van der Waals surface area contributed by atoms with Crippen molar-refractivity contribution in [1.29, 1.82) is 0 Å². The maximum Gasteiger partial charge on any atom is 0.322 e. The predicted molar refractivity (Wildman–Crippen MR) is 88.4 cm³/mol. The number of amides is 2. The number of benzene rings is 1. The molecule has 6 nitrogen and oxygen atoms in total. The second-order valence-corrected chi connectivity index (χ2v) is 6.03. The van der Waals surface area contributed by atoms with E-state index in [1.807, 2.05) is 4.90 Å². The highest BCUT2D eigenvalue weighted by Gasteiger charge is 2.28. The van der Waals surface area contributed by atoms with Gasteiger partial charge in [-0.05, 0) is 13.0 Å². The highest BCUT2D eigenvalue weighted by molar-refractivity contribution is 5.82. The molecule has 1 aromatic rings. The number of nitrogens with zero attached hydrogens (tertiary/aromatic N) is 5. The minimum absolute atomic E-state index is 0.0129. The van der Waals surface area contributed by atoms with Crippen molar-refractivity contribution in [3.8, 4) is 0 Å². The van der Waals surface area contributed by atoms with Crippen molar-refractivity contribution >= 4 is 12.0 Å². The number of urea groups is 1. The van der Waals surface area contributed by atoms with Crippen LogP contribution in [-0.4, -0.2) is 73.1 Å². The van der Waals surface area contributed by atoms with Crippen molar-refractivity contribution in [2.75, 3.05) is 41.5 Å². The Morgan fingerprint density at radius 1 is 1.25 bits per heavy atom. The number of hydrogen-bond donors (Lipinski definition) is 0. The van der Waals surface area contributed by atoms with Crippen LogP contribution in [0.5, 0.6) is 0 Å². The van der Waals surface area contributed by atoms with E-state index in [2.05, 4.69) is 4.99 Å². The van der Waals surface area contributed by atoms with E-state index < -0.39 is 11.6 Å². The number of halogens is 2. The Kier molecular flexibility index (Phi) is 5.26. The Balaban J connectivity index is 2.17. The van der Waals surface area contributed by atoms with Crippen molar-refractivity contribution in [3.05, 3.63) is 34.9 Å². The summed E-state index contributed by atoms with van der Waals surface area (Å²) in [5, 5.41) is 0. The molecule has 0 unspecified atom stereocenters. The van der Waals surface area contributed by atoms with E-state index in [0.29, 0.717) is 24.9 Å². The second-order valence-electron chi connectivity index (χ2n) is 6.03. The van der Waals surface area contributed by atoms with Crippen LogP contribution in [0.3, 0.4) is 0 Å². The molecule has 0 N–H and O–H groups in total. The molecule has 24 heavy (non-hydrogen) atoms. The highest BCUT2D eigenvalue weighted by atomic mass is 19.1. The zero-order valence-corrected chi connectivity index (χ0v) is 14.7. The molecule has 0 bridgehead atoms. The van der Waals surface area contributed by atoms with E-state index in [4.69, 9.17) is 0 Å². The van der Waals surface area contributed by atoms with Crippen LogP contribution in [0.15, 0.2) is 17.1 Å². The van der Waals surface area contributed by atoms with Gasteiger partial charge >= 0.3 is 6.03 Å². The minimum Gasteiger partial charge on any atom is -0.341 e. The van der Waals surface area contributed by atoms with Gasteiger partial charge in [-0.25, -0.2) is 13.6 Å². The molecule has 1 aliphatic heterocycles. The number of rotatable bonds is 2. The molecule has 132 valence electrons. The minimum atomic E-state index is -0.555. The summed E-state index contributed by atoms with van der Waals surface area (Å²) in [4.78, 5) is 23.0. The van der Waals surface area contributed by atoms with Crippen LogP contribution >= 0.6 is 0 Å². The molecule has 8 heteroatoms. The van der Waals surface area contributed by atoms with Gasteiger partial charge in [-0.2, -0.15) is 0 Å². The second kappa shape index (κ2) is 7.02. The topological polar surface area (TPSA) is 42.4 Å². The van der Waals surface area contributed by atoms with E-state index in [-0.39, 0.29) is 18.1 Å². The number of carbonyl (C=O) groups is 1. The first-order valence-corrected chi connectivity index (χ1v) is 7.58. The molecule has 0 saturated carbocycles. The van der Waals surface area contributed by atoms with Gasteiger partial charge in [0.25, 0.3) is 0 Å². The van der Waals surface area contributed by atoms with Gasteiger partial charge in [0.05, 0.1) is 13.3 Å². The average Bonchev–Trinajstić information content (AvgIpc) is 2.53. The van der Waals surface area contributed by atoms with Crippen LogP contribution in [0.1, 0.15) is 11.1 Å². The molecule has 1 saturated heterocycles. The highest BCUT2D eigenvalue weighted by Crippen LogP contribution is 2.18. The Morgan fingerprint density at radius 3 is 2.38 bits per heavy atom. The number of hydrogen-bond acceptors (Lipinski definition) is 2. The molecule has 0 aliphatic carbocycles. The molecule has 0 spiro atoms. The smallest absolute Gasteiger partial charge is 0.322 e. The largest absolute Gasteiger partial charge is 0.341 e. The number of carbonyl (C=O) groups excluding carboxylic acids is 1. The molecule has 2 amide bonds. The first-order chi connectivity index (χ1) is 11.3. The van der Waals surface area contributed by atoms with Crippen LogP contribution < -0.4 is 0 Å². The zero-order chi connectivity index (χ0) is 18.0. The third-order valence-corrected chi connectivity index (χ3v) is 4.05.